The molecule has 33 heavy (non-hydrogen) atoms. The molecule has 2 aromatic rings. The van der Waals surface area contributed by atoms with Gasteiger partial charge in [-0.25, -0.2) is 4.79 Å². The van der Waals surface area contributed by atoms with Crippen molar-refractivity contribution in [2.75, 3.05) is 0 Å². The molecule has 2 aromatic carbocycles. The average molecular weight is 458 g/mol. The predicted molar refractivity (Wildman–Crippen MR) is 117 cm³/mol. The van der Waals surface area contributed by atoms with Crippen molar-refractivity contribution in [3.8, 4) is 11.5 Å². The first-order valence-electron chi connectivity index (χ1n) is 9.98. The highest BCUT2D eigenvalue weighted by molar-refractivity contribution is 5.94. The summed E-state index contributed by atoms with van der Waals surface area (Å²) in [4.78, 5) is 48.2. The van der Waals surface area contributed by atoms with Gasteiger partial charge in [0.2, 0.25) is 17.7 Å². The van der Waals surface area contributed by atoms with Gasteiger partial charge in [0.05, 0.1) is 12.5 Å². The van der Waals surface area contributed by atoms with E-state index in [0.29, 0.717) is 11.1 Å². The number of hydrogen-bond acceptors (Lipinski definition) is 7. The van der Waals surface area contributed by atoms with Gasteiger partial charge in [-0.15, -0.1) is 0 Å². The Morgan fingerprint density at radius 1 is 0.758 bits per heavy atom. The van der Waals surface area contributed by atoms with Crippen LogP contribution in [0.5, 0.6) is 11.5 Å². The average Bonchev–Trinajstić information content (AvgIpc) is 2.75. The Kier molecular flexibility index (Phi) is 8.75. The molecule has 0 saturated carbocycles. The second-order valence-corrected chi connectivity index (χ2v) is 7.48. The SMILES string of the molecule is NC(=O)CC(NC(=O)C(N)Cc1ccc(O)cc1)C(=O)NC(Cc1ccc(O)cc1)C(=O)O. The minimum absolute atomic E-state index is 0.00235. The zero-order chi connectivity index (χ0) is 24.5. The van der Waals surface area contributed by atoms with Crippen molar-refractivity contribution >= 4 is 23.7 Å². The molecule has 0 aliphatic rings. The first-order chi connectivity index (χ1) is 15.5. The van der Waals surface area contributed by atoms with Crippen LogP contribution in [0.4, 0.5) is 0 Å². The summed E-state index contributed by atoms with van der Waals surface area (Å²) in [6, 6.07) is 7.92. The van der Waals surface area contributed by atoms with Crippen molar-refractivity contribution < 1.29 is 34.5 Å². The molecule has 0 fully saturated rings. The van der Waals surface area contributed by atoms with E-state index in [9.17, 15) is 34.5 Å². The van der Waals surface area contributed by atoms with Gasteiger partial charge in [-0.3, -0.25) is 14.4 Å². The number of hydrogen-bond donors (Lipinski definition) is 7. The number of carboxylic acids is 1. The van der Waals surface area contributed by atoms with E-state index in [1.807, 2.05) is 0 Å². The molecule has 0 bridgehead atoms. The van der Waals surface area contributed by atoms with E-state index in [0.717, 1.165) is 0 Å². The van der Waals surface area contributed by atoms with Crippen molar-refractivity contribution in [3.05, 3.63) is 59.7 Å². The Hall–Kier alpha value is -4.12. The van der Waals surface area contributed by atoms with Crippen LogP contribution in [0.25, 0.3) is 0 Å². The molecule has 9 N–H and O–H groups in total. The van der Waals surface area contributed by atoms with Crippen molar-refractivity contribution in [1.82, 2.24) is 10.6 Å². The molecular weight excluding hydrogens is 432 g/mol. The van der Waals surface area contributed by atoms with Crippen LogP contribution < -0.4 is 22.1 Å². The number of aromatic hydroxyl groups is 2. The second kappa shape index (κ2) is 11.5. The number of benzene rings is 2. The smallest absolute Gasteiger partial charge is 0.326 e. The number of nitrogens with two attached hydrogens (primary N) is 2. The standard InChI is InChI=1S/C22H26N4O7/c23-16(9-12-1-5-14(27)6-2-12)20(30)25-17(11-19(24)29)21(31)26-18(22(32)33)10-13-3-7-15(28)8-4-13/h1-8,16-18,27-28H,9-11,23H2,(H2,24,29)(H,25,30)(H,26,31)(H,32,33). The molecule has 11 nitrogen and oxygen atoms in total. The van der Waals surface area contributed by atoms with Crippen molar-refractivity contribution in [2.45, 2.75) is 37.4 Å². The summed E-state index contributed by atoms with van der Waals surface area (Å²) in [7, 11) is 0. The van der Waals surface area contributed by atoms with Gasteiger partial charge in [0.15, 0.2) is 0 Å². The van der Waals surface area contributed by atoms with Crippen LogP contribution in [0.15, 0.2) is 48.5 Å². The molecule has 0 saturated heterocycles. The largest absolute Gasteiger partial charge is 0.508 e. The van der Waals surface area contributed by atoms with Crippen LogP contribution in [0, 0.1) is 0 Å². The van der Waals surface area contributed by atoms with Gasteiger partial charge >= 0.3 is 5.97 Å². The highest BCUT2D eigenvalue weighted by Gasteiger charge is 2.29. The number of aliphatic carboxylic acids is 1. The van der Waals surface area contributed by atoms with E-state index >= 15 is 0 Å². The molecule has 3 unspecified atom stereocenters. The zero-order valence-corrected chi connectivity index (χ0v) is 17.6. The van der Waals surface area contributed by atoms with Gasteiger partial charge in [-0.2, -0.15) is 0 Å². The van der Waals surface area contributed by atoms with Crippen molar-refractivity contribution in [2.24, 2.45) is 11.5 Å². The predicted octanol–water partition coefficient (Wildman–Crippen LogP) is -0.860. The molecule has 0 spiro atoms. The monoisotopic (exact) mass is 458 g/mol. The maximum Gasteiger partial charge on any atom is 0.326 e. The van der Waals surface area contributed by atoms with E-state index < -0.39 is 48.2 Å². The van der Waals surface area contributed by atoms with E-state index in [-0.39, 0.29) is 24.3 Å². The highest BCUT2D eigenvalue weighted by atomic mass is 16.4. The molecular formula is C22H26N4O7. The number of phenolic OH excluding ortho intramolecular Hbond substituents is 2. The Morgan fingerprint density at radius 3 is 1.67 bits per heavy atom. The molecule has 2 rings (SSSR count). The summed E-state index contributed by atoms with van der Waals surface area (Å²) in [5.41, 5.74) is 12.3. The van der Waals surface area contributed by atoms with Gasteiger partial charge < -0.3 is 37.4 Å². The third-order valence-corrected chi connectivity index (χ3v) is 4.76. The quantitative estimate of drug-likeness (QED) is 0.225. The number of amides is 3. The molecule has 0 aliphatic heterocycles. The lowest BCUT2D eigenvalue weighted by Gasteiger charge is -2.22. The third-order valence-electron chi connectivity index (χ3n) is 4.76. The van der Waals surface area contributed by atoms with Gasteiger partial charge in [0, 0.05) is 6.42 Å². The van der Waals surface area contributed by atoms with E-state index in [1.54, 1.807) is 12.1 Å². The highest BCUT2D eigenvalue weighted by Crippen LogP contribution is 2.12. The molecule has 0 heterocycles. The van der Waals surface area contributed by atoms with Gasteiger partial charge in [0.1, 0.15) is 23.6 Å². The molecule has 3 amide bonds. The van der Waals surface area contributed by atoms with Crippen LogP contribution >= 0.6 is 0 Å². The van der Waals surface area contributed by atoms with Crippen LogP contribution in [0.1, 0.15) is 17.5 Å². The third kappa shape index (κ3) is 8.15. The minimum atomic E-state index is -1.43. The van der Waals surface area contributed by atoms with Crippen molar-refractivity contribution in [3.63, 3.8) is 0 Å². The Balaban J connectivity index is 2.06. The number of rotatable bonds is 11. The van der Waals surface area contributed by atoms with E-state index in [4.69, 9.17) is 11.5 Å². The molecule has 11 heteroatoms. The van der Waals surface area contributed by atoms with Crippen LogP contribution in [0.3, 0.4) is 0 Å². The topological polar surface area (TPSA) is 205 Å². The van der Waals surface area contributed by atoms with Gasteiger partial charge in [0.25, 0.3) is 0 Å². The van der Waals surface area contributed by atoms with Crippen LogP contribution in [0.2, 0.25) is 0 Å². The van der Waals surface area contributed by atoms with Crippen LogP contribution in [-0.4, -0.2) is 57.1 Å². The summed E-state index contributed by atoms with van der Waals surface area (Å²) in [6.45, 7) is 0. The van der Waals surface area contributed by atoms with E-state index in [2.05, 4.69) is 10.6 Å². The molecule has 0 radical (unpaired) electrons. The maximum absolute atomic E-state index is 12.7. The second-order valence-electron chi connectivity index (χ2n) is 7.48. The number of carboxylic acid groups (broad SMARTS) is 1. The number of phenols is 2. The van der Waals surface area contributed by atoms with Gasteiger partial charge in [-0.1, -0.05) is 24.3 Å². The lowest BCUT2D eigenvalue weighted by molar-refractivity contribution is -0.142. The number of carbonyl (C=O) groups excluding carboxylic acids is 3. The number of primary amides is 1. The Labute approximate surface area is 189 Å². The van der Waals surface area contributed by atoms with E-state index in [1.165, 1.54) is 36.4 Å². The lowest BCUT2D eigenvalue weighted by atomic mass is 10.0. The summed E-state index contributed by atoms with van der Waals surface area (Å²) in [5, 5.41) is 32.8. The fourth-order valence-corrected chi connectivity index (χ4v) is 3.01. The van der Waals surface area contributed by atoms with Crippen molar-refractivity contribution in [1.29, 1.82) is 0 Å². The molecule has 3 atom stereocenters. The summed E-state index contributed by atoms with van der Waals surface area (Å²) in [6.07, 6.45) is -0.566. The fraction of sp³-hybridized carbons (Fsp3) is 0.273. The molecule has 176 valence electrons. The summed E-state index contributed by atoms with van der Waals surface area (Å²) in [5.74, 6) is -3.81. The first-order valence-corrected chi connectivity index (χ1v) is 9.98. The Bertz CT molecular complexity index is 993. The van der Waals surface area contributed by atoms with Crippen LogP contribution in [-0.2, 0) is 32.0 Å². The minimum Gasteiger partial charge on any atom is -0.508 e. The number of carbonyl (C=O) groups is 4. The van der Waals surface area contributed by atoms with Gasteiger partial charge in [-0.05, 0) is 41.8 Å². The summed E-state index contributed by atoms with van der Waals surface area (Å²) < 4.78 is 0. The molecule has 0 aliphatic carbocycles. The zero-order valence-electron chi connectivity index (χ0n) is 17.6. The molecule has 0 aromatic heterocycles. The fourth-order valence-electron chi connectivity index (χ4n) is 3.01. The summed E-state index contributed by atoms with van der Waals surface area (Å²) >= 11 is 0. The lowest BCUT2D eigenvalue weighted by Crippen LogP contribution is -2.56. The normalized spacial score (nSPS) is 13.4. The first kappa shape index (κ1) is 25.1. The number of nitrogens with one attached hydrogen (secondary N) is 2. The maximum atomic E-state index is 12.7. The Morgan fingerprint density at radius 2 is 1.21 bits per heavy atom.